The molecule has 1 aromatic heterocycles. The Kier molecular flexibility index (Phi) is 7.41. The van der Waals surface area contributed by atoms with Crippen molar-refractivity contribution in [3.05, 3.63) is 78.0 Å². The van der Waals surface area contributed by atoms with Gasteiger partial charge in [-0.25, -0.2) is 9.97 Å². The zero-order chi connectivity index (χ0) is 24.0. The third-order valence-corrected chi connectivity index (χ3v) is 7.76. The van der Waals surface area contributed by atoms with Crippen LogP contribution in [0.4, 0.5) is 5.82 Å². The van der Waals surface area contributed by atoms with Crippen LogP contribution in [0.2, 0.25) is 0 Å². The fourth-order valence-corrected chi connectivity index (χ4v) is 5.61. The van der Waals surface area contributed by atoms with Gasteiger partial charge in [-0.2, -0.15) is 0 Å². The molecule has 1 saturated heterocycles. The monoisotopic (exact) mass is 468 g/mol. The van der Waals surface area contributed by atoms with Crippen LogP contribution in [0.3, 0.4) is 0 Å². The molecule has 2 aliphatic rings. The molecule has 182 valence electrons. The highest BCUT2D eigenvalue weighted by atomic mass is 16.2. The topological polar surface area (TPSA) is 49.3 Å². The molecule has 2 heterocycles. The van der Waals surface area contributed by atoms with Crippen LogP contribution in [0.15, 0.2) is 66.9 Å². The lowest BCUT2D eigenvalue weighted by Crippen LogP contribution is -2.41. The van der Waals surface area contributed by atoms with Gasteiger partial charge in [-0.15, -0.1) is 0 Å². The van der Waals surface area contributed by atoms with Crippen LogP contribution in [0.1, 0.15) is 60.9 Å². The Morgan fingerprint density at radius 1 is 0.914 bits per heavy atom. The van der Waals surface area contributed by atoms with Crippen molar-refractivity contribution in [3.8, 4) is 11.4 Å². The molecule has 1 aliphatic heterocycles. The van der Waals surface area contributed by atoms with Gasteiger partial charge in [0.15, 0.2) is 5.82 Å². The zero-order valence-electron chi connectivity index (χ0n) is 20.8. The lowest BCUT2D eigenvalue weighted by molar-refractivity contribution is 0.0696. The van der Waals surface area contributed by atoms with E-state index >= 15 is 0 Å². The molecule has 5 rings (SSSR count). The fourth-order valence-electron chi connectivity index (χ4n) is 5.61. The number of carbonyl (C=O) groups is 1. The highest BCUT2D eigenvalue weighted by Crippen LogP contribution is 2.30. The van der Waals surface area contributed by atoms with Crippen LogP contribution >= 0.6 is 0 Å². The Balaban J connectivity index is 1.38. The van der Waals surface area contributed by atoms with Crippen molar-refractivity contribution < 1.29 is 4.79 Å². The Morgan fingerprint density at radius 2 is 1.57 bits per heavy atom. The highest BCUT2D eigenvalue weighted by molar-refractivity contribution is 5.99. The zero-order valence-corrected chi connectivity index (χ0v) is 20.8. The van der Waals surface area contributed by atoms with Gasteiger partial charge in [0.1, 0.15) is 11.4 Å². The normalized spacial score (nSPS) is 17.3. The van der Waals surface area contributed by atoms with Gasteiger partial charge in [0.25, 0.3) is 5.91 Å². The third-order valence-electron chi connectivity index (χ3n) is 7.76. The van der Waals surface area contributed by atoms with Crippen LogP contribution in [-0.2, 0) is 6.42 Å². The summed E-state index contributed by atoms with van der Waals surface area (Å²) in [6.07, 6.45) is 10.9. The number of benzene rings is 2. The van der Waals surface area contributed by atoms with E-state index in [1.165, 1.54) is 24.8 Å². The summed E-state index contributed by atoms with van der Waals surface area (Å²) in [7, 11) is 1.96. The fraction of sp³-hybridized carbons (Fsp3) is 0.433. The van der Waals surface area contributed by atoms with Gasteiger partial charge >= 0.3 is 0 Å². The molecule has 5 heteroatoms. The minimum Gasteiger partial charge on any atom is -0.356 e. The lowest BCUT2D eigenvalue weighted by atomic mass is 9.90. The molecular formula is C30H36N4O. The molecule has 0 radical (unpaired) electrons. The second-order valence-electron chi connectivity index (χ2n) is 10.1. The van der Waals surface area contributed by atoms with E-state index in [1.807, 2.05) is 42.3 Å². The molecule has 0 atom stereocenters. The van der Waals surface area contributed by atoms with E-state index in [2.05, 4.69) is 40.2 Å². The summed E-state index contributed by atoms with van der Waals surface area (Å²) in [6, 6.07) is 21.1. The maximum absolute atomic E-state index is 13.7. The first-order chi connectivity index (χ1) is 17.2. The maximum Gasteiger partial charge on any atom is 0.259 e. The van der Waals surface area contributed by atoms with Crippen molar-refractivity contribution in [2.75, 3.05) is 25.0 Å². The molecule has 0 spiro atoms. The second kappa shape index (κ2) is 11.0. The molecule has 1 saturated carbocycles. The van der Waals surface area contributed by atoms with Crippen LogP contribution < -0.4 is 4.90 Å². The number of hydrogen-bond donors (Lipinski definition) is 0. The standard InChI is InChI=1S/C30H36N4O/c1-33(26-15-9-4-10-16-26)30(35)27-22-31-28(25-13-7-3-8-14-25)32-29(27)34-19-17-24(18-20-34)21-23-11-5-2-6-12-23/h2-3,5-8,11-14,22,24,26H,4,9-10,15-21H2,1H3. The second-order valence-corrected chi connectivity index (χ2v) is 10.1. The summed E-state index contributed by atoms with van der Waals surface area (Å²) >= 11 is 0. The van der Waals surface area contributed by atoms with Crippen molar-refractivity contribution in [2.45, 2.75) is 57.4 Å². The van der Waals surface area contributed by atoms with Crippen molar-refractivity contribution in [3.63, 3.8) is 0 Å². The predicted molar refractivity (Wildman–Crippen MR) is 142 cm³/mol. The Morgan fingerprint density at radius 3 is 2.26 bits per heavy atom. The molecular weight excluding hydrogens is 432 g/mol. The van der Waals surface area contributed by atoms with Crippen LogP contribution in [0.25, 0.3) is 11.4 Å². The third kappa shape index (κ3) is 5.55. The minimum absolute atomic E-state index is 0.0536. The molecule has 0 bridgehead atoms. The number of nitrogens with zero attached hydrogens (tertiary/aromatic N) is 4. The smallest absolute Gasteiger partial charge is 0.259 e. The molecule has 3 aromatic rings. The summed E-state index contributed by atoms with van der Waals surface area (Å²) in [5.41, 5.74) is 3.02. The maximum atomic E-state index is 13.7. The number of rotatable bonds is 6. The Labute approximate surface area is 209 Å². The lowest BCUT2D eigenvalue weighted by Gasteiger charge is -2.35. The van der Waals surface area contributed by atoms with Gasteiger partial charge < -0.3 is 9.80 Å². The van der Waals surface area contributed by atoms with E-state index in [9.17, 15) is 4.79 Å². The van der Waals surface area contributed by atoms with Crippen molar-refractivity contribution >= 4 is 11.7 Å². The molecule has 1 aliphatic carbocycles. The molecule has 35 heavy (non-hydrogen) atoms. The van der Waals surface area contributed by atoms with Gasteiger partial charge in [-0.3, -0.25) is 4.79 Å². The quantitative estimate of drug-likeness (QED) is 0.445. The SMILES string of the molecule is CN(C(=O)c1cnc(-c2ccccc2)nc1N1CCC(Cc2ccccc2)CC1)C1CCCCC1. The highest BCUT2D eigenvalue weighted by Gasteiger charge is 2.29. The average Bonchev–Trinajstić information content (AvgIpc) is 2.94. The Hall–Kier alpha value is -3.21. The number of amides is 1. The molecule has 2 fully saturated rings. The number of carbonyl (C=O) groups excluding carboxylic acids is 1. The van der Waals surface area contributed by atoms with Crippen LogP contribution in [0, 0.1) is 5.92 Å². The molecule has 1 amide bonds. The summed E-state index contributed by atoms with van der Waals surface area (Å²) in [5, 5.41) is 0. The van der Waals surface area contributed by atoms with Gasteiger partial charge in [0, 0.05) is 37.9 Å². The van der Waals surface area contributed by atoms with E-state index in [-0.39, 0.29) is 5.91 Å². The average molecular weight is 469 g/mol. The minimum atomic E-state index is 0.0536. The van der Waals surface area contributed by atoms with E-state index in [0.717, 1.165) is 56.6 Å². The van der Waals surface area contributed by atoms with Crippen molar-refractivity contribution in [1.29, 1.82) is 0 Å². The number of aromatic nitrogens is 2. The first-order valence-corrected chi connectivity index (χ1v) is 13.2. The van der Waals surface area contributed by atoms with E-state index in [4.69, 9.17) is 4.98 Å². The van der Waals surface area contributed by atoms with Crippen molar-refractivity contribution in [2.24, 2.45) is 5.92 Å². The van der Waals surface area contributed by atoms with E-state index in [1.54, 1.807) is 6.20 Å². The summed E-state index contributed by atoms with van der Waals surface area (Å²) in [4.78, 5) is 27.6. The molecule has 5 nitrogen and oxygen atoms in total. The van der Waals surface area contributed by atoms with Gasteiger partial charge in [-0.05, 0) is 43.6 Å². The van der Waals surface area contributed by atoms with Gasteiger partial charge in [0.2, 0.25) is 0 Å². The molecule has 0 unspecified atom stereocenters. The molecule has 2 aromatic carbocycles. The predicted octanol–water partition coefficient (Wildman–Crippen LogP) is 6.01. The summed E-state index contributed by atoms with van der Waals surface area (Å²) in [5.74, 6) is 2.19. The van der Waals surface area contributed by atoms with E-state index in [0.29, 0.717) is 23.3 Å². The van der Waals surface area contributed by atoms with Gasteiger partial charge in [-0.1, -0.05) is 79.9 Å². The Bertz CT molecular complexity index is 1100. The number of hydrogen-bond acceptors (Lipinski definition) is 4. The number of piperidine rings is 1. The largest absolute Gasteiger partial charge is 0.356 e. The van der Waals surface area contributed by atoms with Crippen LogP contribution in [0.5, 0.6) is 0 Å². The first kappa shape index (κ1) is 23.5. The first-order valence-electron chi connectivity index (χ1n) is 13.2. The van der Waals surface area contributed by atoms with E-state index < -0.39 is 0 Å². The summed E-state index contributed by atoms with van der Waals surface area (Å²) < 4.78 is 0. The van der Waals surface area contributed by atoms with Crippen molar-refractivity contribution in [1.82, 2.24) is 14.9 Å². The number of anilines is 1. The van der Waals surface area contributed by atoms with Gasteiger partial charge in [0.05, 0.1) is 0 Å². The summed E-state index contributed by atoms with van der Waals surface area (Å²) in [6.45, 7) is 1.83. The van der Waals surface area contributed by atoms with Crippen LogP contribution in [-0.4, -0.2) is 47.0 Å². The molecule has 0 N–H and O–H groups in total.